The van der Waals surface area contributed by atoms with Crippen molar-refractivity contribution >= 4 is 11.6 Å². The third kappa shape index (κ3) is 1.78. The van der Waals surface area contributed by atoms with Crippen molar-refractivity contribution in [1.29, 1.82) is 0 Å². The lowest BCUT2D eigenvalue weighted by atomic mass is 9.69. The van der Waals surface area contributed by atoms with E-state index in [0.29, 0.717) is 17.0 Å². The topological polar surface area (TPSA) is 34.1 Å². The van der Waals surface area contributed by atoms with Crippen molar-refractivity contribution in [2.24, 2.45) is 11.8 Å². The number of allylic oxidation sites excluding steroid dienone is 2. The molecule has 3 rings (SSSR count). The molecule has 1 unspecified atom stereocenters. The fourth-order valence-electron chi connectivity index (χ4n) is 3.40. The Labute approximate surface area is 113 Å². The SMILES string of the molecule is CC(C)C1CCCC2=C1C(=O)c1ccccc1C2=O. The van der Waals surface area contributed by atoms with Crippen molar-refractivity contribution in [3.63, 3.8) is 0 Å². The number of ketones is 2. The Morgan fingerprint density at radius 2 is 1.68 bits per heavy atom. The molecule has 0 aliphatic heterocycles. The van der Waals surface area contributed by atoms with Gasteiger partial charge in [0.1, 0.15) is 0 Å². The van der Waals surface area contributed by atoms with Gasteiger partial charge >= 0.3 is 0 Å². The number of rotatable bonds is 1. The van der Waals surface area contributed by atoms with Crippen LogP contribution in [0.2, 0.25) is 0 Å². The van der Waals surface area contributed by atoms with Crippen LogP contribution in [-0.2, 0) is 0 Å². The molecule has 98 valence electrons. The van der Waals surface area contributed by atoms with E-state index in [9.17, 15) is 9.59 Å². The summed E-state index contributed by atoms with van der Waals surface area (Å²) < 4.78 is 0. The van der Waals surface area contributed by atoms with Gasteiger partial charge in [-0.1, -0.05) is 38.1 Å². The normalized spacial score (nSPS) is 22.6. The molecule has 0 radical (unpaired) electrons. The van der Waals surface area contributed by atoms with Crippen molar-refractivity contribution in [3.05, 3.63) is 46.5 Å². The van der Waals surface area contributed by atoms with Gasteiger partial charge in [0.05, 0.1) is 0 Å². The molecule has 0 saturated carbocycles. The molecule has 2 heteroatoms. The van der Waals surface area contributed by atoms with Gasteiger partial charge < -0.3 is 0 Å². The fourth-order valence-corrected chi connectivity index (χ4v) is 3.40. The van der Waals surface area contributed by atoms with Crippen molar-refractivity contribution in [3.8, 4) is 0 Å². The number of carbonyl (C=O) groups is 2. The van der Waals surface area contributed by atoms with Crippen LogP contribution in [0.5, 0.6) is 0 Å². The third-order valence-electron chi connectivity index (χ3n) is 4.38. The highest BCUT2D eigenvalue weighted by atomic mass is 16.1. The van der Waals surface area contributed by atoms with Gasteiger partial charge in [0.25, 0.3) is 0 Å². The number of hydrogen-bond acceptors (Lipinski definition) is 2. The van der Waals surface area contributed by atoms with Crippen LogP contribution < -0.4 is 0 Å². The Morgan fingerprint density at radius 1 is 1.05 bits per heavy atom. The molecule has 19 heavy (non-hydrogen) atoms. The maximum atomic E-state index is 12.7. The average Bonchev–Trinajstić information content (AvgIpc) is 2.44. The van der Waals surface area contributed by atoms with E-state index in [1.54, 1.807) is 12.1 Å². The van der Waals surface area contributed by atoms with E-state index >= 15 is 0 Å². The third-order valence-corrected chi connectivity index (χ3v) is 4.38. The Hall–Kier alpha value is -1.70. The summed E-state index contributed by atoms with van der Waals surface area (Å²) in [7, 11) is 0. The quantitative estimate of drug-likeness (QED) is 0.763. The molecule has 1 aromatic rings. The molecule has 1 atom stereocenters. The highest BCUT2D eigenvalue weighted by molar-refractivity contribution is 6.27. The van der Waals surface area contributed by atoms with Crippen LogP contribution in [0.3, 0.4) is 0 Å². The number of benzene rings is 1. The highest BCUT2D eigenvalue weighted by Crippen LogP contribution is 2.41. The molecule has 0 fully saturated rings. The molecular formula is C17H18O2. The minimum absolute atomic E-state index is 0.0792. The Balaban J connectivity index is 2.19. The molecule has 2 aliphatic rings. The highest BCUT2D eigenvalue weighted by Gasteiger charge is 2.38. The fraction of sp³-hybridized carbons (Fsp3) is 0.412. The average molecular weight is 254 g/mol. The molecule has 0 N–H and O–H groups in total. The van der Waals surface area contributed by atoms with Crippen LogP contribution in [0.25, 0.3) is 0 Å². The van der Waals surface area contributed by atoms with E-state index < -0.39 is 0 Å². The van der Waals surface area contributed by atoms with E-state index in [1.807, 2.05) is 12.1 Å². The van der Waals surface area contributed by atoms with Crippen LogP contribution in [0.1, 0.15) is 53.8 Å². The smallest absolute Gasteiger partial charge is 0.190 e. The zero-order valence-corrected chi connectivity index (χ0v) is 11.4. The summed E-state index contributed by atoms with van der Waals surface area (Å²) in [6.45, 7) is 4.28. The first kappa shape index (κ1) is 12.3. The van der Waals surface area contributed by atoms with Crippen LogP contribution in [0.15, 0.2) is 35.4 Å². The van der Waals surface area contributed by atoms with E-state index in [2.05, 4.69) is 13.8 Å². The lowest BCUT2D eigenvalue weighted by Crippen LogP contribution is -2.31. The predicted octanol–water partition coefficient (Wildman–Crippen LogP) is 3.82. The first-order chi connectivity index (χ1) is 9.11. The van der Waals surface area contributed by atoms with Gasteiger partial charge in [0, 0.05) is 22.3 Å². The predicted molar refractivity (Wildman–Crippen MR) is 74.3 cm³/mol. The van der Waals surface area contributed by atoms with Crippen LogP contribution in [0, 0.1) is 11.8 Å². The van der Waals surface area contributed by atoms with Gasteiger partial charge in [-0.05, 0) is 31.1 Å². The van der Waals surface area contributed by atoms with Crippen molar-refractivity contribution in [1.82, 2.24) is 0 Å². The number of hydrogen-bond donors (Lipinski definition) is 0. The van der Waals surface area contributed by atoms with Gasteiger partial charge in [0.15, 0.2) is 11.6 Å². The van der Waals surface area contributed by atoms with Gasteiger partial charge in [-0.15, -0.1) is 0 Å². The van der Waals surface area contributed by atoms with Gasteiger partial charge in [-0.3, -0.25) is 9.59 Å². The lowest BCUT2D eigenvalue weighted by molar-refractivity contribution is 0.0948. The molecule has 2 nitrogen and oxygen atoms in total. The molecule has 2 aliphatic carbocycles. The van der Waals surface area contributed by atoms with Crippen molar-refractivity contribution < 1.29 is 9.59 Å². The molecule has 0 spiro atoms. The lowest BCUT2D eigenvalue weighted by Gasteiger charge is -2.33. The Kier molecular flexibility index (Phi) is 2.89. The number of Topliss-reactive ketones (excluding diaryl/α,β-unsaturated/α-hetero) is 2. The maximum absolute atomic E-state index is 12.7. The maximum Gasteiger partial charge on any atom is 0.190 e. The summed E-state index contributed by atoms with van der Waals surface area (Å²) in [5, 5.41) is 0. The first-order valence-electron chi connectivity index (χ1n) is 7.02. The molecule has 0 bridgehead atoms. The summed E-state index contributed by atoms with van der Waals surface area (Å²) in [6, 6.07) is 7.23. The van der Waals surface area contributed by atoms with E-state index in [1.165, 1.54) is 0 Å². The summed E-state index contributed by atoms with van der Waals surface area (Å²) in [6.07, 6.45) is 2.80. The second-order valence-electron chi connectivity index (χ2n) is 5.84. The summed E-state index contributed by atoms with van der Waals surface area (Å²) in [5.41, 5.74) is 2.79. The van der Waals surface area contributed by atoms with Crippen LogP contribution >= 0.6 is 0 Å². The monoisotopic (exact) mass is 254 g/mol. The Bertz CT molecular complexity index is 593. The molecule has 0 heterocycles. The number of carbonyl (C=O) groups excluding carboxylic acids is 2. The second kappa shape index (κ2) is 4.44. The van der Waals surface area contributed by atoms with Gasteiger partial charge in [-0.2, -0.15) is 0 Å². The summed E-state index contributed by atoms with van der Waals surface area (Å²) in [4.78, 5) is 25.3. The minimum Gasteiger partial charge on any atom is -0.289 e. The molecule has 0 amide bonds. The van der Waals surface area contributed by atoms with Crippen LogP contribution in [0.4, 0.5) is 0 Å². The van der Waals surface area contributed by atoms with Gasteiger partial charge in [0.2, 0.25) is 0 Å². The van der Waals surface area contributed by atoms with E-state index in [0.717, 1.165) is 30.4 Å². The largest absolute Gasteiger partial charge is 0.289 e. The van der Waals surface area contributed by atoms with E-state index in [4.69, 9.17) is 0 Å². The first-order valence-corrected chi connectivity index (χ1v) is 7.02. The van der Waals surface area contributed by atoms with Crippen LogP contribution in [-0.4, -0.2) is 11.6 Å². The summed E-state index contributed by atoms with van der Waals surface area (Å²) >= 11 is 0. The zero-order valence-electron chi connectivity index (χ0n) is 11.4. The minimum atomic E-state index is 0.0792. The van der Waals surface area contributed by atoms with Crippen molar-refractivity contribution in [2.45, 2.75) is 33.1 Å². The Morgan fingerprint density at radius 3 is 2.32 bits per heavy atom. The van der Waals surface area contributed by atoms with E-state index in [-0.39, 0.29) is 17.5 Å². The number of fused-ring (bicyclic) bond motifs is 1. The summed E-state index contributed by atoms with van der Waals surface area (Å²) in [5.74, 6) is 0.819. The molecular weight excluding hydrogens is 236 g/mol. The molecule has 0 aromatic heterocycles. The van der Waals surface area contributed by atoms with Gasteiger partial charge in [-0.25, -0.2) is 0 Å². The standard InChI is InChI=1S/C17H18O2/c1-10(2)11-8-5-9-14-15(11)17(19)13-7-4-3-6-12(13)16(14)18/h3-4,6-7,10-11H,5,8-9H2,1-2H3. The zero-order chi connectivity index (χ0) is 13.6. The second-order valence-corrected chi connectivity index (χ2v) is 5.84. The molecule has 0 saturated heterocycles. The molecule has 1 aromatic carbocycles. The van der Waals surface area contributed by atoms with Crippen molar-refractivity contribution in [2.75, 3.05) is 0 Å².